The fourth-order valence-corrected chi connectivity index (χ4v) is 2.30. The first-order valence-electron chi connectivity index (χ1n) is 6.81. The van der Waals surface area contributed by atoms with Crippen LogP contribution >= 0.6 is 0 Å². The third-order valence-corrected chi connectivity index (χ3v) is 3.51. The fourth-order valence-electron chi connectivity index (χ4n) is 2.30. The number of carboxylic acid groups (broad SMARTS) is 1. The lowest BCUT2D eigenvalue weighted by Crippen LogP contribution is -2.38. The molecule has 0 amide bonds. The van der Waals surface area contributed by atoms with Gasteiger partial charge in [-0.3, -0.25) is 4.79 Å². The maximum Gasteiger partial charge on any atom is 0.305 e. The van der Waals surface area contributed by atoms with Crippen molar-refractivity contribution in [3.8, 4) is 5.75 Å². The first kappa shape index (κ1) is 14.8. The zero-order valence-electron chi connectivity index (χ0n) is 11.8. The molecule has 0 bridgehead atoms. The Morgan fingerprint density at radius 2 is 2.20 bits per heavy atom. The van der Waals surface area contributed by atoms with Gasteiger partial charge in [-0.15, -0.1) is 0 Å². The van der Waals surface area contributed by atoms with Crippen molar-refractivity contribution in [1.29, 1.82) is 0 Å². The SMILES string of the molecule is COc1ccc(C)cc1C(O)C(CC(=O)O)NC1CC1. The maximum atomic E-state index is 11.0. The molecule has 1 aromatic carbocycles. The van der Waals surface area contributed by atoms with Crippen LogP contribution in [-0.4, -0.2) is 35.4 Å². The molecule has 0 saturated heterocycles. The van der Waals surface area contributed by atoms with Gasteiger partial charge in [-0.25, -0.2) is 0 Å². The van der Waals surface area contributed by atoms with Crippen molar-refractivity contribution in [2.45, 2.75) is 44.4 Å². The molecule has 5 heteroatoms. The lowest BCUT2D eigenvalue weighted by molar-refractivity contribution is -0.138. The molecule has 0 radical (unpaired) electrons. The van der Waals surface area contributed by atoms with E-state index in [9.17, 15) is 9.90 Å². The average molecular weight is 279 g/mol. The van der Waals surface area contributed by atoms with E-state index < -0.39 is 18.1 Å². The number of carbonyl (C=O) groups is 1. The molecule has 1 aromatic rings. The summed E-state index contributed by atoms with van der Waals surface area (Å²) in [4.78, 5) is 11.0. The summed E-state index contributed by atoms with van der Waals surface area (Å²) in [6, 6.07) is 5.35. The van der Waals surface area contributed by atoms with Crippen LogP contribution in [0.4, 0.5) is 0 Å². The lowest BCUT2D eigenvalue weighted by Gasteiger charge is -2.25. The summed E-state index contributed by atoms with van der Waals surface area (Å²) in [5.74, 6) is -0.343. The molecule has 2 rings (SSSR count). The van der Waals surface area contributed by atoms with E-state index in [1.54, 1.807) is 13.2 Å². The molecule has 3 N–H and O–H groups in total. The molecule has 1 aliphatic rings. The predicted molar refractivity (Wildman–Crippen MR) is 74.9 cm³/mol. The quantitative estimate of drug-likeness (QED) is 0.707. The van der Waals surface area contributed by atoms with E-state index in [1.807, 2.05) is 19.1 Å². The Kier molecular flexibility index (Phi) is 4.62. The van der Waals surface area contributed by atoms with Crippen molar-refractivity contribution in [3.05, 3.63) is 29.3 Å². The summed E-state index contributed by atoms with van der Waals surface area (Å²) in [5.41, 5.74) is 1.63. The summed E-state index contributed by atoms with van der Waals surface area (Å²) in [7, 11) is 1.54. The number of nitrogens with one attached hydrogen (secondary N) is 1. The number of hydrogen-bond acceptors (Lipinski definition) is 4. The highest BCUT2D eigenvalue weighted by molar-refractivity contribution is 5.67. The molecular formula is C15H21NO4. The molecule has 2 unspecified atom stereocenters. The summed E-state index contributed by atoms with van der Waals surface area (Å²) < 4.78 is 5.26. The summed E-state index contributed by atoms with van der Waals surface area (Å²) >= 11 is 0. The number of methoxy groups -OCH3 is 1. The number of aryl methyl sites for hydroxylation is 1. The Morgan fingerprint density at radius 3 is 2.75 bits per heavy atom. The Hall–Kier alpha value is -1.59. The van der Waals surface area contributed by atoms with Crippen molar-refractivity contribution in [3.63, 3.8) is 0 Å². The highest BCUT2D eigenvalue weighted by Gasteiger charge is 2.31. The molecule has 0 aliphatic heterocycles. The predicted octanol–water partition coefficient (Wildman–Crippen LogP) is 1.63. The van der Waals surface area contributed by atoms with Crippen molar-refractivity contribution in [2.75, 3.05) is 7.11 Å². The van der Waals surface area contributed by atoms with E-state index >= 15 is 0 Å². The third-order valence-electron chi connectivity index (χ3n) is 3.51. The smallest absolute Gasteiger partial charge is 0.305 e. The van der Waals surface area contributed by atoms with Gasteiger partial charge >= 0.3 is 5.97 Å². The molecule has 5 nitrogen and oxygen atoms in total. The Bertz CT molecular complexity index is 485. The van der Waals surface area contributed by atoms with Gasteiger partial charge in [0.1, 0.15) is 5.75 Å². The van der Waals surface area contributed by atoms with Gasteiger partial charge in [0, 0.05) is 17.6 Å². The minimum absolute atomic E-state index is 0.116. The van der Waals surface area contributed by atoms with Crippen molar-refractivity contribution < 1.29 is 19.7 Å². The first-order chi connectivity index (χ1) is 9.51. The number of carboxylic acids is 1. The van der Waals surface area contributed by atoms with Gasteiger partial charge < -0.3 is 20.3 Å². The van der Waals surface area contributed by atoms with E-state index in [0.29, 0.717) is 17.4 Å². The van der Waals surface area contributed by atoms with Gasteiger partial charge in [-0.05, 0) is 31.9 Å². The monoisotopic (exact) mass is 279 g/mol. The average Bonchev–Trinajstić information content (AvgIpc) is 3.20. The minimum Gasteiger partial charge on any atom is -0.496 e. The van der Waals surface area contributed by atoms with E-state index in [0.717, 1.165) is 18.4 Å². The van der Waals surface area contributed by atoms with Crippen LogP contribution in [0.15, 0.2) is 18.2 Å². The van der Waals surface area contributed by atoms with E-state index in [4.69, 9.17) is 9.84 Å². The molecule has 1 saturated carbocycles. The second kappa shape index (κ2) is 6.24. The van der Waals surface area contributed by atoms with Gasteiger partial charge in [0.2, 0.25) is 0 Å². The molecule has 0 spiro atoms. The molecule has 110 valence electrons. The fraction of sp³-hybridized carbons (Fsp3) is 0.533. The number of aliphatic hydroxyl groups excluding tert-OH is 1. The van der Waals surface area contributed by atoms with E-state index in [-0.39, 0.29) is 6.42 Å². The van der Waals surface area contributed by atoms with Gasteiger partial charge in [0.15, 0.2) is 0 Å². The number of hydrogen-bond donors (Lipinski definition) is 3. The molecule has 20 heavy (non-hydrogen) atoms. The van der Waals surface area contributed by atoms with Gasteiger partial charge in [0.05, 0.1) is 19.6 Å². The van der Waals surface area contributed by atoms with E-state index in [1.165, 1.54) is 0 Å². The van der Waals surface area contributed by atoms with Crippen LogP contribution in [0.5, 0.6) is 5.75 Å². The van der Waals surface area contributed by atoms with Crippen molar-refractivity contribution >= 4 is 5.97 Å². The highest BCUT2D eigenvalue weighted by Crippen LogP contribution is 2.31. The van der Waals surface area contributed by atoms with Crippen LogP contribution in [0.2, 0.25) is 0 Å². The zero-order chi connectivity index (χ0) is 14.7. The molecule has 0 heterocycles. The molecule has 0 aromatic heterocycles. The van der Waals surface area contributed by atoms with Crippen LogP contribution in [0.3, 0.4) is 0 Å². The largest absolute Gasteiger partial charge is 0.496 e. The molecule has 2 atom stereocenters. The third kappa shape index (κ3) is 3.71. The van der Waals surface area contributed by atoms with Gasteiger partial charge in [-0.2, -0.15) is 0 Å². The van der Waals surface area contributed by atoms with Gasteiger partial charge in [0.25, 0.3) is 0 Å². The summed E-state index contributed by atoms with van der Waals surface area (Å²) in [6.45, 7) is 1.93. The van der Waals surface area contributed by atoms with E-state index in [2.05, 4.69) is 5.32 Å². The summed E-state index contributed by atoms with van der Waals surface area (Å²) in [5, 5.41) is 22.8. The lowest BCUT2D eigenvalue weighted by atomic mass is 9.97. The second-order valence-electron chi connectivity index (χ2n) is 5.34. The van der Waals surface area contributed by atoms with Crippen molar-refractivity contribution in [1.82, 2.24) is 5.32 Å². The topological polar surface area (TPSA) is 78.8 Å². The van der Waals surface area contributed by atoms with Crippen LogP contribution in [0.1, 0.15) is 36.5 Å². The van der Waals surface area contributed by atoms with Crippen molar-refractivity contribution in [2.24, 2.45) is 0 Å². The second-order valence-corrected chi connectivity index (χ2v) is 5.34. The van der Waals surface area contributed by atoms with Crippen LogP contribution in [0.25, 0.3) is 0 Å². The first-order valence-corrected chi connectivity index (χ1v) is 6.81. The zero-order valence-corrected chi connectivity index (χ0v) is 11.8. The number of rotatable bonds is 7. The van der Waals surface area contributed by atoms with Crippen LogP contribution in [0, 0.1) is 6.92 Å². The Labute approximate surface area is 118 Å². The standard InChI is InChI=1S/C15H21NO4/c1-9-3-6-13(20-2)11(7-9)15(19)12(8-14(17)18)16-10-4-5-10/h3,6-7,10,12,15-16,19H,4-5,8H2,1-2H3,(H,17,18). The number of aliphatic carboxylic acids is 1. The number of aliphatic hydroxyl groups is 1. The molecule has 1 aliphatic carbocycles. The molecule has 1 fully saturated rings. The highest BCUT2D eigenvalue weighted by atomic mass is 16.5. The number of ether oxygens (including phenoxy) is 1. The maximum absolute atomic E-state index is 11.0. The Morgan fingerprint density at radius 1 is 1.50 bits per heavy atom. The number of benzene rings is 1. The van der Waals surface area contributed by atoms with Gasteiger partial charge in [-0.1, -0.05) is 11.6 Å². The summed E-state index contributed by atoms with van der Waals surface area (Å²) in [6.07, 6.45) is 1.05. The molecular weight excluding hydrogens is 258 g/mol. The Balaban J connectivity index is 2.22. The normalized spacial score (nSPS) is 17.6. The minimum atomic E-state index is -0.922. The van der Waals surface area contributed by atoms with Crippen LogP contribution < -0.4 is 10.1 Å². The van der Waals surface area contributed by atoms with Crippen LogP contribution in [-0.2, 0) is 4.79 Å².